The van der Waals surface area contributed by atoms with Crippen LogP contribution in [0.1, 0.15) is 34.0 Å². The Bertz CT molecular complexity index is 1140. The fraction of sp³-hybridized carbons (Fsp3) is 0.190. The summed E-state index contributed by atoms with van der Waals surface area (Å²) in [6.07, 6.45) is -0.0682. The highest BCUT2D eigenvalue weighted by Crippen LogP contribution is 2.38. The van der Waals surface area contributed by atoms with Crippen molar-refractivity contribution in [2.45, 2.75) is 19.3 Å². The third kappa shape index (κ3) is 3.26. The largest absolute Gasteiger partial charge is 0.494 e. The fourth-order valence-corrected chi connectivity index (χ4v) is 3.58. The van der Waals surface area contributed by atoms with Gasteiger partial charge in [0.2, 0.25) is 5.91 Å². The Labute approximate surface area is 165 Å². The number of fused-ring (bicyclic) bond motifs is 1. The predicted molar refractivity (Wildman–Crippen MR) is 102 cm³/mol. The summed E-state index contributed by atoms with van der Waals surface area (Å²) >= 11 is 0. The molecule has 1 aliphatic heterocycles. The number of nitrogens with zero attached hydrogens (tertiary/aromatic N) is 2. The van der Waals surface area contributed by atoms with Crippen molar-refractivity contribution >= 4 is 17.5 Å². The lowest BCUT2D eigenvalue weighted by Crippen LogP contribution is -2.28. The number of amides is 1. The zero-order valence-electron chi connectivity index (χ0n) is 15.7. The summed E-state index contributed by atoms with van der Waals surface area (Å²) in [4.78, 5) is 25.5. The average molecular weight is 397 g/mol. The van der Waals surface area contributed by atoms with Gasteiger partial charge in [-0.1, -0.05) is 6.07 Å². The molecule has 6 nitrogen and oxygen atoms in total. The van der Waals surface area contributed by atoms with Gasteiger partial charge in [0, 0.05) is 17.5 Å². The predicted octanol–water partition coefficient (Wildman–Crippen LogP) is 3.78. The molecule has 29 heavy (non-hydrogen) atoms. The number of aryl methyl sites for hydroxylation is 1. The number of benzene rings is 2. The number of hydrogen-bond donors (Lipinski definition) is 1. The number of carbonyl (C=O) groups excluding carboxylic acids is 2. The molecule has 0 unspecified atom stereocenters. The highest BCUT2D eigenvalue weighted by Gasteiger charge is 2.36. The van der Waals surface area contributed by atoms with Crippen molar-refractivity contribution in [3.63, 3.8) is 0 Å². The van der Waals surface area contributed by atoms with Crippen LogP contribution < -0.4 is 10.1 Å². The van der Waals surface area contributed by atoms with E-state index < -0.39 is 17.6 Å². The lowest BCUT2D eigenvalue weighted by atomic mass is 9.85. The first-order valence-corrected chi connectivity index (χ1v) is 8.92. The number of rotatable bonds is 4. The highest BCUT2D eigenvalue weighted by molar-refractivity contribution is 6.08. The van der Waals surface area contributed by atoms with E-state index in [0.29, 0.717) is 22.8 Å². The molecule has 148 valence electrons. The van der Waals surface area contributed by atoms with Crippen LogP contribution in [0.3, 0.4) is 0 Å². The molecule has 1 aromatic heterocycles. The summed E-state index contributed by atoms with van der Waals surface area (Å²) in [5.74, 6) is -2.25. The van der Waals surface area contributed by atoms with Gasteiger partial charge in [-0.2, -0.15) is 5.10 Å². The summed E-state index contributed by atoms with van der Waals surface area (Å²) in [5.41, 5.74) is 1.75. The molecule has 0 fully saturated rings. The minimum Gasteiger partial charge on any atom is -0.494 e. The highest BCUT2D eigenvalue weighted by atomic mass is 19.1. The molecule has 4 rings (SSSR count). The van der Waals surface area contributed by atoms with E-state index in [1.165, 1.54) is 42.1 Å². The van der Waals surface area contributed by atoms with Crippen LogP contribution in [-0.4, -0.2) is 28.6 Å². The molecule has 0 aliphatic carbocycles. The lowest BCUT2D eigenvalue weighted by Gasteiger charge is -2.23. The van der Waals surface area contributed by atoms with Gasteiger partial charge in [-0.25, -0.2) is 13.5 Å². The lowest BCUT2D eigenvalue weighted by molar-refractivity contribution is -0.116. The van der Waals surface area contributed by atoms with Crippen molar-refractivity contribution in [2.75, 3.05) is 12.4 Å². The third-order valence-electron chi connectivity index (χ3n) is 4.91. The molecule has 2 heterocycles. The zero-order valence-corrected chi connectivity index (χ0v) is 15.7. The van der Waals surface area contributed by atoms with Crippen molar-refractivity contribution < 1.29 is 23.1 Å². The molecule has 2 aromatic carbocycles. The maximum atomic E-state index is 13.7. The number of ether oxygens (including phenoxy) is 1. The molecule has 3 aromatic rings. The summed E-state index contributed by atoms with van der Waals surface area (Å²) in [6.45, 7) is 1.72. The zero-order chi connectivity index (χ0) is 20.7. The van der Waals surface area contributed by atoms with E-state index in [1.54, 1.807) is 13.0 Å². The van der Waals surface area contributed by atoms with E-state index in [9.17, 15) is 18.4 Å². The third-order valence-corrected chi connectivity index (χ3v) is 4.91. The number of Topliss-reactive ketones (excluding diaryl/α,β-unsaturated/α-hetero) is 1. The topological polar surface area (TPSA) is 73.2 Å². The summed E-state index contributed by atoms with van der Waals surface area (Å²) in [5, 5.41) is 7.15. The van der Waals surface area contributed by atoms with Crippen LogP contribution in [0.4, 0.5) is 14.6 Å². The monoisotopic (exact) mass is 397 g/mol. The Morgan fingerprint density at radius 2 is 2.03 bits per heavy atom. The molecule has 1 aliphatic rings. The van der Waals surface area contributed by atoms with Gasteiger partial charge in [-0.3, -0.25) is 9.59 Å². The first-order valence-electron chi connectivity index (χ1n) is 8.92. The molecule has 1 amide bonds. The van der Waals surface area contributed by atoms with E-state index >= 15 is 0 Å². The van der Waals surface area contributed by atoms with Gasteiger partial charge in [-0.15, -0.1) is 0 Å². The molecule has 0 bridgehead atoms. The molecule has 0 saturated heterocycles. The van der Waals surface area contributed by atoms with E-state index in [1.807, 2.05) is 0 Å². The summed E-state index contributed by atoms with van der Waals surface area (Å²) in [6, 6.07) is 9.60. The van der Waals surface area contributed by atoms with Gasteiger partial charge < -0.3 is 10.1 Å². The van der Waals surface area contributed by atoms with Crippen LogP contribution in [0.15, 0.2) is 42.5 Å². The Kier molecular flexibility index (Phi) is 4.62. The second-order valence-electron chi connectivity index (χ2n) is 6.76. The molecule has 0 spiro atoms. The normalized spacial score (nSPS) is 15.6. The van der Waals surface area contributed by atoms with Crippen molar-refractivity contribution in [3.8, 4) is 11.4 Å². The van der Waals surface area contributed by atoms with Gasteiger partial charge in [0.15, 0.2) is 17.3 Å². The number of nitrogens with one attached hydrogen (secondary N) is 1. The van der Waals surface area contributed by atoms with E-state index in [0.717, 1.165) is 6.07 Å². The Morgan fingerprint density at radius 3 is 2.76 bits per heavy atom. The van der Waals surface area contributed by atoms with Crippen LogP contribution in [0.2, 0.25) is 0 Å². The number of anilines is 1. The second kappa shape index (κ2) is 7.12. The molecular formula is C21H17F2N3O3. The van der Waals surface area contributed by atoms with E-state index in [2.05, 4.69) is 10.4 Å². The van der Waals surface area contributed by atoms with Crippen molar-refractivity contribution in [1.29, 1.82) is 0 Å². The van der Waals surface area contributed by atoms with Gasteiger partial charge in [0.1, 0.15) is 11.6 Å². The first kappa shape index (κ1) is 18.8. The number of carbonyl (C=O) groups is 2. The average Bonchev–Trinajstić information content (AvgIpc) is 3.03. The Morgan fingerprint density at radius 1 is 1.24 bits per heavy atom. The number of aromatic nitrogens is 2. The second-order valence-corrected chi connectivity index (χ2v) is 6.76. The van der Waals surface area contributed by atoms with Crippen LogP contribution >= 0.6 is 0 Å². The summed E-state index contributed by atoms with van der Waals surface area (Å²) in [7, 11) is 1.31. The molecule has 1 atom stereocenters. The minimum absolute atomic E-state index is 0.0523. The van der Waals surface area contributed by atoms with Crippen LogP contribution in [0.5, 0.6) is 5.75 Å². The van der Waals surface area contributed by atoms with E-state index in [4.69, 9.17) is 4.74 Å². The van der Waals surface area contributed by atoms with Crippen LogP contribution in [0.25, 0.3) is 5.69 Å². The van der Waals surface area contributed by atoms with Gasteiger partial charge >= 0.3 is 0 Å². The molecule has 0 saturated carbocycles. The number of methoxy groups -OCH3 is 1. The molecule has 1 N–H and O–H groups in total. The van der Waals surface area contributed by atoms with Crippen LogP contribution in [-0.2, 0) is 4.79 Å². The Hall–Kier alpha value is -3.55. The van der Waals surface area contributed by atoms with Crippen molar-refractivity contribution in [2.24, 2.45) is 0 Å². The maximum Gasteiger partial charge on any atom is 0.226 e. The smallest absolute Gasteiger partial charge is 0.226 e. The molecule has 8 heteroatoms. The SMILES string of the molecule is COc1cc(C(=O)[C@@H]2CC(=O)Nc3c2c(C)nn3-c2cccc(F)c2)ccc1F. The van der Waals surface area contributed by atoms with Gasteiger partial charge in [0.05, 0.1) is 24.4 Å². The number of ketones is 1. The van der Waals surface area contributed by atoms with Gasteiger partial charge in [-0.05, 0) is 43.3 Å². The quantitative estimate of drug-likeness (QED) is 0.680. The Balaban J connectivity index is 1.81. The standard InChI is InChI=1S/C21H17F2N3O3/c1-11-19-15(20(28)12-6-7-16(23)17(8-12)29-2)10-18(27)24-21(19)26(25-11)14-5-3-4-13(22)9-14/h3-9,15H,10H2,1-2H3,(H,24,27)/t15-/m1/s1. The fourth-order valence-electron chi connectivity index (χ4n) is 3.58. The minimum atomic E-state index is -0.795. The van der Waals surface area contributed by atoms with Crippen LogP contribution in [0, 0.1) is 18.6 Å². The first-order chi connectivity index (χ1) is 13.9. The maximum absolute atomic E-state index is 13.7. The van der Waals surface area contributed by atoms with Crippen molar-refractivity contribution in [3.05, 3.63) is 70.9 Å². The number of halogens is 2. The number of hydrogen-bond acceptors (Lipinski definition) is 4. The van der Waals surface area contributed by atoms with Gasteiger partial charge in [0.25, 0.3) is 0 Å². The molecular weight excluding hydrogens is 380 g/mol. The summed E-state index contributed by atoms with van der Waals surface area (Å²) < 4.78 is 33.8. The molecule has 0 radical (unpaired) electrons. The van der Waals surface area contributed by atoms with Crippen molar-refractivity contribution in [1.82, 2.24) is 9.78 Å². The van der Waals surface area contributed by atoms with E-state index in [-0.39, 0.29) is 29.4 Å².